The first-order valence-corrected chi connectivity index (χ1v) is 9.89. The molecule has 5 nitrogen and oxygen atoms in total. The van der Waals surface area contributed by atoms with Crippen molar-refractivity contribution in [2.24, 2.45) is 11.8 Å². The molecular weight excluding hydrogens is 330 g/mol. The molecule has 1 aliphatic heterocycles. The van der Waals surface area contributed by atoms with Gasteiger partial charge in [0.1, 0.15) is 0 Å². The highest BCUT2D eigenvalue weighted by atomic mass is 16.7. The van der Waals surface area contributed by atoms with Crippen LogP contribution in [-0.4, -0.2) is 35.4 Å². The lowest BCUT2D eigenvalue weighted by atomic mass is 9.77. The fourth-order valence-corrected chi connectivity index (χ4v) is 4.30. The normalized spacial score (nSPS) is 24.8. The molecule has 1 saturated carbocycles. The van der Waals surface area contributed by atoms with E-state index < -0.39 is 5.97 Å². The smallest absolute Gasteiger partial charge is 0.303 e. The number of carboxylic acid groups (broad SMARTS) is 1. The number of ether oxygens (including phenoxy) is 2. The van der Waals surface area contributed by atoms with Crippen LogP contribution in [0.4, 0.5) is 0 Å². The Morgan fingerprint density at radius 3 is 2.81 bits per heavy atom. The minimum absolute atomic E-state index is 0.258. The molecule has 26 heavy (non-hydrogen) atoms. The van der Waals surface area contributed by atoms with Crippen molar-refractivity contribution < 1.29 is 19.4 Å². The number of unbranched alkanes of at least 4 members (excludes halogenated alkanes) is 1. The van der Waals surface area contributed by atoms with E-state index in [1.807, 2.05) is 6.07 Å². The third-order valence-corrected chi connectivity index (χ3v) is 6.04. The molecule has 1 N–H and O–H groups in total. The topological polar surface area (TPSA) is 59.0 Å². The zero-order valence-electron chi connectivity index (χ0n) is 15.9. The second kappa shape index (κ2) is 8.76. The average molecular weight is 361 g/mol. The summed E-state index contributed by atoms with van der Waals surface area (Å²) >= 11 is 0. The number of hydrogen-bond acceptors (Lipinski definition) is 4. The molecule has 0 saturated heterocycles. The summed E-state index contributed by atoms with van der Waals surface area (Å²) in [6, 6.07) is 6.76. The zero-order valence-corrected chi connectivity index (χ0v) is 15.9. The molecule has 5 heteroatoms. The highest BCUT2D eigenvalue weighted by Crippen LogP contribution is 2.36. The van der Waals surface area contributed by atoms with Gasteiger partial charge in [0.15, 0.2) is 11.5 Å². The van der Waals surface area contributed by atoms with Crippen molar-refractivity contribution in [3.63, 3.8) is 0 Å². The van der Waals surface area contributed by atoms with Crippen molar-refractivity contribution in [1.29, 1.82) is 0 Å². The second-order valence-electron chi connectivity index (χ2n) is 7.84. The summed E-state index contributed by atoms with van der Waals surface area (Å²) in [5.74, 6) is 2.36. The van der Waals surface area contributed by atoms with E-state index in [0.29, 0.717) is 18.8 Å². The molecule has 1 aliphatic carbocycles. The van der Waals surface area contributed by atoms with Gasteiger partial charge in [0.25, 0.3) is 0 Å². The lowest BCUT2D eigenvalue weighted by Gasteiger charge is -2.42. The van der Waals surface area contributed by atoms with Gasteiger partial charge in [-0.3, -0.25) is 9.69 Å². The molecule has 1 heterocycles. The van der Waals surface area contributed by atoms with Crippen LogP contribution in [0.1, 0.15) is 57.9 Å². The predicted molar refractivity (Wildman–Crippen MR) is 100 cm³/mol. The van der Waals surface area contributed by atoms with Crippen LogP contribution in [0.25, 0.3) is 0 Å². The van der Waals surface area contributed by atoms with Gasteiger partial charge in [-0.25, -0.2) is 0 Å². The van der Waals surface area contributed by atoms with Crippen molar-refractivity contribution in [3.05, 3.63) is 23.8 Å². The van der Waals surface area contributed by atoms with Crippen LogP contribution < -0.4 is 9.47 Å². The molecular formula is C21H31NO4. The molecule has 144 valence electrons. The molecule has 0 amide bonds. The summed E-state index contributed by atoms with van der Waals surface area (Å²) in [6.45, 7) is 6.86. The summed E-state index contributed by atoms with van der Waals surface area (Å²) in [4.78, 5) is 13.4. The van der Waals surface area contributed by atoms with Crippen LogP contribution in [-0.2, 0) is 11.3 Å². The Kier molecular flexibility index (Phi) is 6.41. The Bertz CT molecular complexity index is 618. The molecule has 3 rings (SSSR count). The molecule has 2 aliphatic rings. The van der Waals surface area contributed by atoms with E-state index in [1.54, 1.807) is 0 Å². The fraction of sp³-hybridized carbons (Fsp3) is 0.667. The summed E-state index contributed by atoms with van der Waals surface area (Å²) in [5, 5.41) is 8.89. The maximum Gasteiger partial charge on any atom is 0.303 e. The van der Waals surface area contributed by atoms with Crippen molar-refractivity contribution in [2.75, 3.05) is 13.3 Å². The number of aliphatic carboxylic acids is 1. The van der Waals surface area contributed by atoms with Crippen molar-refractivity contribution >= 4 is 5.97 Å². The van der Waals surface area contributed by atoms with E-state index in [2.05, 4.69) is 30.9 Å². The Hall–Kier alpha value is -1.75. The van der Waals surface area contributed by atoms with E-state index in [4.69, 9.17) is 14.6 Å². The average Bonchev–Trinajstić information content (AvgIpc) is 3.07. The summed E-state index contributed by atoms with van der Waals surface area (Å²) in [5.41, 5.74) is 1.23. The van der Waals surface area contributed by atoms with Gasteiger partial charge in [-0.1, -0.05) is 32.8 Å². The highest BCUT2D eigenvalue weighted by molar-refractivity contribution is 5.66. The Morgan fingerprint density at radius 1 is 1.19 bits per heavy atom. The largest absolute Gasteiger partial charge is 0.481 e. The van der Waals surface area contributed by atoms with Gasteiger partial charge in [0, 0.05) is 19.0 Å². The van der Waals surface area contributed by atoms with Gasteiger partial charge in [-0.15, -0.1) is 0 Å². The molecule has 0 aromatic heterocycles. The SMILES string of the molecule is CC1CCCC(N(CCCCC(=O)O)Cc2ccc3c(c2)OCO3)C1C. The van der Waals surface area contributed by atoms with E-state index in [-0.39, 0.29) is 6.42 Å². The zero-order chi connectivity index (χ0) is 18.5. The number of benzene rings is 1. The monoisotopic (exact) mass is 361 g/mol. The second-order valence-corrected chi connectivity index (χ2v) is 7.84. The maximum absolute atomic E-state index is 10.8. The van der Waals surface area contributed by atoms with Gasteiger partial charge in [0.05, 0.1) is 0 Å². The lowest BCUT2D eigenvalue weighted by Crippen LogP contribution is -2.44. The molecule has 3 atom stereocenters. The Labute approximate surface area is 156 Å². The van der Waals surface area contributed by atoms with E-state index in [9.17, 15) is 4.79 Å². The maximum atomic E-state index is 10.8. The van der Waals surface area contributed by atoms with Gasteiger partial charge in [-0.2, -0.15) is 0 Å². The number of carboxylic acids is 1. The molecule has 0 radical (unpaired) electrons. The van der Waals surface area contributed by atoms with E-state index >= 15 is 0 Å². The van der Waals surface area contributed by atoms with Crippen LogP contribution in [0.5, 0.6) is 11.5 Å². The first-order chi connectivity index (χ1) is 12.5. The predicted octanol–water partition coefficient (Wildman–Crippen LogP) is 4.30. The number of nitrogens with zero attached hydrogens (tertiary/aromatic N) is 1. The molecule has 0 spiro atoms. The minimum Gasteiger partial charge on any atom is -0.481 e. The van der Waals surface area contributed by atoms with Crippen molar-refractivity contribution in [3.8, 4) is 11.5 Å². The number of fused-ring (bicyclic) bond motifs is 1. The van der Waals surface area contributed by atoms with Crippen LogP contribution in [0, 0.1) is 11.8 Å². The quantitative estimate of drug-likeness (QED) is 0.700. The lowest BCUT2D eigenvalue weighted by molar-refractivity contribution is -0.137. The van der Waals surface area contributed by atoms with Gasteiger partial charge >= 0.3 is 5.97 Å². The van der Waals surface area contributed by atoms with Gasteiger partial charge in [-0.05, 0) is 55.3 Å². The summed E-state index contributed by atoms with van der Waals surface area (Å²) in [7, 11) is 0. The molecule has 1 aromatic rings. The molecule has 1 aromatic carbocycles. The van der Waals surface area contributed by atoms with Crippen LogP contribution in [0.3, 0.4) is 0 Å². The molecule has 0 bridgehead atoms. The van der Waals surface area contributed by atoms with E-state index in [0.717, 1.165) is 43.3 Å². The number of hydrogen-bond donors (Lipinski definition) is 1. The Morgan fingerprint density at radius 2 is 2.00 bits per heavy atom. The van der Waals surface area contributed by atoms with Crippen molar-refractivity contribution in [1.82, 2.24) is 4.90 Å². The first-order valence-electron chi connectivity index (χ1n) is 9.89. The Balaban J connectivity index is 1.68. The minimum atomic E-state index is -0.702. The van der Waals surface area contributed by atoms with Gasteiger partial charge in [0.2, 0.25) is 6.79 Å². The summed E-state index contributed by atoms with van der Waals surface area (Å²) < 4.78 is 10.9. The highest BCUT2D eigenvalue weighted by Gasteiger charge is 2.31. The molecule has 1 fully saturated rings. The third-order valence-electron chi connectivity index (χ3n) is 6.04. The standard InChI is InChI=1S/C21H31NO4/c1-15-6-5-7-18(16(15)2)22(11-4-3-8-21(23)24)13-17-9-10-19-20(12-17)26-14-25-19/h9-10,12,15-16,18H,3-8,11,13-14H2,1-2H3,(H,23,24). The van der Waals surface area contributed by atoms with Crippen molar-refractivity contribution in [2.45, 2.75) is 65.0 Å². The van der Waals surface area contributed by atoms with Crippen LogP contribution in [0.15, 0.2) is 18.2 Å². The first kappa shape index (κ1) is 19.0. The van der Waals surface area contributed by atoms with Crippen LogP contribution in [0.2, 0.25) is 0 Å². The fourth-order valence-electron chi connectivity index (χ4n) is 4.30. The molecule has 3 unspecified atom stereocenters. The summed E-state index contributed by atoms with van der Waals surface area (Å²) in [6.07, 6.45) is 5.75. The third kappa shape index (κ3) is 4.70. The number of rotatable bonds is 8. The van der Waals surface area contributed by atoms with Crippen LogP contribution >= 0.6 is 0 Å². The van der Waals surface area contributed by atoms with E-state index in [1.165, 1.54) is 24.8 Å². The number of carbonyl (C=O) groups is 1. The van der Waals surface area contributed by atoms with Gasteiger partial charge < -0.3 is 14.6 Å².